The molecule has 1 unspecified atom stereocenters. The largest absolute Gasteiger partial charge is 0.326 e. The van der Waals surface area contributed by atoms with Crippen molar-refractivity contribution in [3.8, 4) is 0 Å². The second kappa shape index (κ2) is 9.09. The Morgan fingerprint density at radius 1 is 1.29 bits per heavy atom. The van der Waals surface area contributed by atoms with Crippen LogP contribution in [0.3, 0.4) is 0 Å². The van der Waals surface area contributed by atoms with Crippen LogP contribution in [-0.4, -0.2) is 45.6 Å². The fourth-order valence-electron chi connectivity index (χ4n) is 3.42. The lowest BCUT2D eigenvalue weighted by Gasteiger charge is -2.07. The first-order chi connectivity index (χ1) is 14.8. The number of aromatic nitrogens is 4. The topological polar surface area (TPSA) is 107 Å². The highest BCUT2D eigenvalue weighted by atomic mass is 32.2. The van der Waals surface area contributed by atoms with E-state index in [4.69, 9.17) is 0 Å². The van der Waals surface area contributed by atoms with Crippen LogP contribution in [0.15, 0.2) is 34.8 Å². The summed E-state index contributed by atoms with van der Waals surface area (Å²) in [5, 5.41) is 14.8. The molecule has 2 aromatic heterocycles. The fraction of sp³-hybridized carbons (Fsp3) is 0.400. The SMILES string of the molecule is Cc1ccc(NC(=O)Cc2nc(CSc3nnc(C4CCS(=O)(=O)C4)n3C)cs2)cc1. The molecule has 1 aliphatic heterocycles. The van der Waals surface area contributed by atoms with Gasteiger partial charge in [-0.3, -0.25) is 4.79 Å². The van der Waals surface area contributed by atoms with E-state index in [-0.39, 0.29) is 29.8 Å². The number of thiazole rings is 1. The Kier molecular flexibility index (Phi) is 6.44. The van der Waals surface area contributed by atoms with Crippen LogP contribution in [0, 0.1) is 6.92 Å². The summed E-state index contributed by atoms with van der Waals surface area (Å²) in [6, 6.07) is 7.68. The number of benzene rings is 1. The highest BCUT2D eigenvalue weighted by molar-refractivity contribution is 7.98. The number of amides is 1. The van der Waals surface area contributed by atoms with E-state index in [1.165, 1.54) is 23.1 Å². The Morgan fingerprint density at radius 2 is 2.06 bits per heavy atom. The molecule has 31 heavy (non-hydrogen) atoms. The van der Waals surface area contributed by atoms with Gasteiger partial charge < -0.3 is 9.88 Å². The van der Waals surface area contributed by atoms with Crippen LogP contribution in [0.5, 0.6) is 0 Å². The molecule has 1 N–H and O–H groups in total. The Labute approximate surface area is 189 Å². The van der Waals surface area contributed by atoms with Crippen molar-refractivity contribution in [1.82, 2.24) is 19.7 Å². The summed E-state index contributed by atoms with van der Waals surface area (Å²) >= 11 is 2.96. The Morgan fingerprint density at radius 3 is 2.77 bits per heavy atom. The Hall–Kier alpha value is -2.24. The van der Waals surface area contributed by atoms with Gasteiger partial charge in [-0.05, 0) is 25.5 Å². The zero-order valence-corrected chi connectivity index (χ0v) is 19.7. The zero-order chi connectivity index (χ0) is 22.0. The number of nitrogens with zero attached hydrogens (tertiary/aromatic N) is 4. The smallest absolute Gasteiger partial charge is 0.231 e. The predicted octanol–water partition coefficient (Wildman–Crippen LogP) is 2.96. The first-order valence-electron chi connectivity index (χ1n) is 9.81. The number of hydrogen-bond acceptors (Lipinski definition) is 8. The van der Waals surface area contributed by atoms with Crippen molar-refractivity contribution < 1.29 is 13.2 Å². The maximum absolute atomic E-state index is 12.3. The van der Waals surface area contributed by atoms with Gasteiger partial charge >= 0.3 is 0 Å². The van der Waals surface area contributed by atoms with Gasteiger partial charge in [0.15, 0.2) is 15.0 Å². The molecule has 0 aliphatic carbocycles. The molecule has 0 saturated carbocycles. The van der Waals surface area contributed by atoms with E-state index >= 15 is 0 Å². The normalized spacial score (nSPS) is 17.7. The van der Waals surface area contributed by atoms with Gasteiger partial charge in [0, 0.05) is 29.8 Å². The molecular formula is C20H23N5O3S3. The molecule has 1 amide bonds. The van der Waals surface area contributed by atoms with Crippen LogP contribution in [0.25, 0.3) is 0 Å². The Bertz CT molecular complexity index is 1190. The van der Waals surface area contributed by atoms with Crippen molar-refractivity contribution in [1.29, 1.82) is 0 Å². The molecule has 0 spiro atoms. The van der Waals surface area contributed by atoms with Crippen LogP contribution in [0.4, 0.5) is 5.69 Å². The van der Waals surface area contributed by atoms with Crippen molar-refractivity contribution in [2.45, 2.75) is 36.6 Å². The highest BCUT2D eigenvalue weighted by Gasteiger charge is 2.32. The van der Waals surface area contributed by atoms with Gasteiger partial charge in [-0.15, -0.1) is 21.5 Å². The second-order valence-electron chi connectivity index (χ2n) is 7.61. The number of nitrogens with one attached hydrogen (secondary N) is 1. The minimum absolute atomic E-state index is 0.0882. The van der Waals surface area contributed by atoms with Gasteiger partial charge in [0.25, 0.3) is 0 Å². The third-order valence-corrected chi connectivity index (χ3v) is 8.78. The zero-order valence-electron chi connectivity index (χ0n) is 17.2. The Balaban J connectivity index is 1.31. The van der Waals surface area contributed by atoms with Crippen LogP contribution < -0.4 is 5.32 Å². The number of carbonyl (C=O) groups is 1. The van der Waals surface area contributed by atoms with E-state index in [9.17, 15) is 13.2 Å². The molecule has 1 aromatic carbocycles. The third kappa shape index (κ3) is 5.52. The molecule has 3 aromatic rings. The monoisotopic (exact) mass is 477 g/mol. The van der Waals surface area contributed by atoms with Gasteiger partial charge in [-0.1, -0.05) is 29.5 Å². The molecule has 164 valence electrons. The van der Waals surface area contributed by atoms with E-state index in [0.29, 0.717) is 12.2 Å². The maximum Gasteiger partial charge on any atom is 0.231 e. The van der Waals surface area contributed by atoms with Gasteiger partial charge in [-0.2, -0.15) is 0 Å². The quantitative estimate of drug-likeness (QED) is 0.521. The average Bonchev–Trinajstić information content (AvgIpc) is 3.41. The third-order valence-electron chi connectivity index (χ3n) is 5.06. The average molecular weight is 478 g/mol. The molecule has 4 rings (SSSR count). The van der Waals surface area contributed by atoms with E-state index in [2.05, 4.69) is 20.5 Å². The van der Waals surface area contributed by atoms with Crippen molar-refractivity contribution >= 4 is 44.5 Å². The van der Waals surface area contributed by atoms with Crippen molar-refractivity contribution in [2.75, 3.05) is 16.8 Å². The van der Waals surface area contributed by atoms with Crippen molar-refractivity contribution in [3.05, 3.63) is 51.7 Å². The van der Waals surface area contributed by atoms with Gasteiger partial charge in [0.1, 0.15) is 10.8 Å². The first-order valence-corrected chi connectivity index (χ1v) is 13.5. The molecule has 3 heterocycles. The molecule has 1 saturated heterocycles. The van der Waals surface area contributed by atoms with Crippen LogP contribution >= 0.6 is 23.1 Å². The lowest BCUT2D eigenvalue weighted by Crippen LogP contribution is -2.14. The fourth-order valence-corrected chi connectivity index (χ4v) is 6.87. The number of thioether (sulfide) groups is 1. The summed E-state index contributed by atoms with van der Waals surface area (Å²) in [5.74, 6) is 1.49. The summed E-state index contributed by atoms with van der Waals surface area (Å²) < 4.78 is 25.4. The number of rotatable bonds is 7. The summed E-state index contributed by atoms with van der Waals surface area (Å²) in [7, 11) is -1.10. The summed E-state index contributed by atoms with van der Waals surface area (Å²) in [4.78, 5) is 16.8. The van der Waals surface area contributed by atoms with E-state index < -0.39 is 9.84 Å². The van der Waals surface area contributed by atoms with Crippen LogP contribution in [0.1, 0.15) is 34.4 Å². The minimum Gasteiger partial charge on any atom is -0.326 e. The highest BCUT2D eigenvalue weighted by Crippen LogP contribution is 2.30. The van der Waals surface area contributed by atoms with Crippen molar-refractivity contribution in [3.63, 3.8) is 0 Å². The number of carbonyl (C=O) groups excluding carboxylic acids is 1. The van der Waals surface area contributed by atoms with Crippen molar-refractivity contribution in [2.24, 2.45) is 7.05 Å². The standard InChI is InChI=1S/C20H23N5O3S3/c1-13-3-5-15(6-4-13)21-17(26)9-18-22-16(10-29-18)11-30-20-24-23-19(25(20)2)14-7-8-31(27,28)12-14/h3-6,10,14H,7-9,11-12H2,1-2H3,(H,21,26). The number of sulfone groups is 1. The summed E-state index contributed by atoms with van der Waals surface area (Å²) in [6.07, 6.45) is 0.826. The molecule has 0 bridgehead atoms. The van der Waals surface area contributed by atoms with Gasteiger partial charge in [0.2, 0.25) is 5.91 Å². The van der Waals surface area contributed by atoms with E-state index in [1.807, 2.05) is 48.2 Å². The number of aryl methyl sites for hydroxylation is 1. The molecule has 11 heteroatoms. The first kappa shape index (κ1) is 22.0. The molecule has 1 aliphatic rings. The molecular weight excluding hydrogens is 454 g/mol. The maximum atomic E-state index is 12.3. The van der Waals surface area contributed by atoms with Crippen LogP contribution in [0.2, 0.25) is 0 Å². The number of hydrogen-bond donors (Lipinski definition) is 1. The minimum atomic E-state index is -2.96. The lowest BCUT2D eigenvalue weighted by atomic mass is 10.1. The summed E-state index contributed by atoms with van der Waals surface area (Å²) in [6.45, 7) is 2.00. The number of anilines is 1. The molecule has 1 atom stereocenters. The predicted molar refractivity (Wildman–Crippen MR) is 122 cm³/mol. The van der Waals surface area contributed by atoms with E-state index in [1.54, 1.807) is 0 Å². The molecule has 1 fully saturated rings. The lowest BCUT2D eigenvalue weighted by molar-refractivity contribution is -0.115. The second-order valence-corrected chi connectivity index (χ2v) is 11.7. The van der Waals surface area contributed by atoms with E-state index in [0.717, 1.165) is 32.9 Å². The summed E-state index contributed by atoms with van der Waals surface area (Å²) in [5.41, 5.74) is 2.79. The van der Waals surface area contributed by atoms with Crippen LogP contribution in [-0.2, 0) is 33.9 Å². The molecule has 0 radical (unpaired) electrons. The van der Waals surface area contributed by atoms with Gasteiger partial charge in [0.05, 0.1) is 23.6 Å². The van der Waals surface area contributed by atoms with Gasteiger partial charge in [-0.25, -0.2) is 13.4 Å². The molecule has 8 nitrogen and oxygen atoms in total.